The molecule has 0 aliphatic rings. The molecule has 0 aliphatic heterocycles. The minimum Gasteiger partial charge on any atom is -0.494 e. The molecule has 2 aromatic carbocycles. The molecule has 0 spiro atoms. The van der Waals surface area contributed by atoms with Crippen molar-refractivity contribution < 1.29 is 17.9 Å². The van der Waals surface area contributed by atoms with Crippen molar-refractivity contribution in [2.75, 3.05) is 6.61 Å². The summed E-state index contributed by atoms with van der Waals surface area (Å²) in [5, 5.41) is 9.02. The summed E-state index contributed by atoms with van der Waals surface area (Å²) in [5.41, 5.74) is 3.26. The second kappa shape index (κ2) is 8.26. The normalized spacial score (nSPS) is 11.6. The lowest BCUT2D eigenvalue weighted by Crippen LogP contribution is -2.26. The number of aryl methyl sites for hydroxylation is 2. The molecule has 7 nitrogen and oxygen atoms in total. The Balaban J connectivity index is 1.85. The largest absolute Gasteiger partial charge is 0.494 e. The first-order valence-electron chi connectivity index (χ1n) is 9.41. The Bertz CT molecular complexity index is 1150. The highest BCUT2D eigenvalue weighted by molar-refractivity contribution is 7.89. The fourth-order valence-electron chi connectivity index (χ4n) is 3.44. The van der Waals surface area contributed by atoms with Crippen LogP contribution in [0.2, 0.25) is 0 Å². The van der Waals surface area contributed by atoms with Gasteiger partial charge in [-0.25, -0.2) is 13.6 Å². The maximum absolute atomic E-state index is 12.9. The van der Waals surface area contributed by atoms with Crippen LogP contribution in [0.1, 0.15) is 35.5 Å². The van der Waals surface area contributed by atoms with E-state index in [0.717, 1.165) is 27.8 Å². The third-order valence-electron chi connectivity index (χ3n) is 4.84. The van der Waals surface area contributed by atoms with E-state index in [1.807, 2.05) is 43.5 Å². The summed E-state index contributed by atoms with van der Waals surface area (Å²) >= 11 is 0. The molecule has 0 atom stereocenters. The molecular formula is C21H25N3O4S. The van der Waals surface area contributed by atoms with Gasteiger partial charge in [0.25, 0.3) is 5.91 Å². The van der Waals surface area contributed by atoms with Crippen molar-refractivity contribution in [3.63, 3.8) is 0 Å². The zero-order valence-electron chi connectivity index (χ0n) is 16.7. The van der Waals surface area contributed by atoms with E-state index in [1.165, 1.54) is 12.1 Å². The highest BCUT2D eigenvalue weighted by atomic mass is 32.2. The lowest BCUT2D eigenvalue weighted by molar-refractivity contribution is 0.0941. The van der Waals surface area contributed by atoms with Crippen molar-refractivity contribution in [3.8, 4) is 5.75 Å². The van der Waals surface area contributed by atoms with Gasteiger partial charge in [-0.1, -0.05) is 12.1 Å². The van der Waals surface area contributed by atoms with Crippen LogP contribution in [-0.2, 0) is 23.1 Å². The zero-order chi connectivity index (χ0) is 21.2. The summed E-state index contributed by atoms with van der Waals surface area (Å²) in [6.45, 7) is 7.38. The summed E-state index contributed by atoms with van der Waals surface area (Å²) in [4.78, 5) is 13.0. The molecule has 0 bridgehead atoms. The highest BCUT2D eigenvalue weighted by Gasteiger charge is 2.20. The fourth-order valence-corrected chi connectivity index (χ4v) is 3.96. The lowest BCUT2D eigenvalue weighted by Gasteiger charge is -2.10. The van der Waals surface area contributed by atoms with Gasteiger partial charge in [-0.15, -0.1) is 0 Å². The zero-order valence-corrected chi connectivity index (χ0v) is 17.5. The number of primary sulfonamides is 1. The van der Waals surface area contributed by atoms with E-state index in [9.17, 15) is 13.2 Å². The molecule has 3 rings (SSSR count). The number of sulfonamides is 1. The molecule has 154 valence electrons. The number of nitrogens with zero attached hydrogens (tertiary/aromatic N) is 1. The van der Waals surface area contributed by atoms with Gasteiger partial charge in [0.05, 0.1) is 11.5 Å². The second-order valence-corrected chi connectivity index (χ2v) is 8.26. The van der Waals surface area contributed by atoms with Crippen LogP contribution in [0.3, 0.4) is 0 Å². The average molecular weight is 416 g/mol. The van der Waals surface area contributed by atoms with Gasteiger partial charge < -0.3 is 14.6 Å². The molecule has 1 aromatic heterocycles. The second-order valence-electron chi connectivity index (χ2n) is 6.70. The number of nitrogens with one attached hydrogen (secondary N) is 1. The molecule has 0 fully saturated rings. The Morgan fingerprint density at radius 3 is 2.41 bits per heavy atom. The predicted molar refractivity (Wildman–Crippen MR) is 113 cm³/mol. The number of fused-ring (bicyclic) bond motifs is 1. The molecule has 1 heterocycles. The Kier molecular flexibility index (Phi) is 5.95. The topological polar surface area (TPSA) is 103 Å². The van der Waals surface area contributed by atoms with E-state index in [2.05, 4.69) is 5.32 Å². The smallest absolute Gasteiger partial charge is 0.268 e. The van der Waals surface area contributed by atoms with Gasteiger partial charge in [-0.2, -0.15) is 0 Å². The van der Waals surface area contributed by atoms with Crippen molar-refractivity contribution in [3.05, 3.63) is 59.3 Å². The molecule has 3 aromatic rings. The number of nitrogens with two attached hydrogens (primary N) is 1. The third-order valence-corrected chi connectivity index (χ3v) is 5.76. The number of ether oxygens (including phenoxy) is 1. The van der Waals surface area contributed by atoms with Gasteiger partial charge >= 0.3 is 0 Å². The van der Waals surface area contributed by atoms with Crippen LogP contribution in [0.4, 0.5) is 0 Å². The molecule has 1 amide bonds. The van der Waals surface area contributed by atoms with E-state index < -0.39 is 10.0 Å². The number of aromatic nitrogens is 1. The van der Waals surface area contributed by atoms with E-state index in [1.54, 1.807) is 12.1 Å². The predicted octanol–water partition coefficient (Wildman–Crippen LogP) is 2.95. The first-order chi connectivity index (χ1) is 13.8. The van der Waals surface area contributed by atoms with Crippen LogP contribution in [0.15, 0.2) is 47.4 Å². The molecule has 0 aliphatic carbocycles. The lowest BCUT2D eigenvalue weighted by atomic mass is 10.1. The highest BCUT2D eigenvalue weighted by Crippen LogP contribution is 2.29. The first kappa shape index (κ1) is 20.9. The molecule has 3 N–H and O–H groups in total. The number of carbonyl (C=O) groups excluding carboxylic acids is 1. The molecule has 0 saturated heterocycles. The first-order valence-corrected chi connectivity index (χ1v) is 11.0. The van der Waals surface area contributed by atoms with Crippen LogP contribution < -0.4 is 15.2 Å². The number of benzene rings is 2. The van der Waals surface area contributed by atoms with Crippen molar-refractivity contribution in [2.45, 2.75) is 38.8 Å². The Hall–Kier alpha value is -2.84. The van der Waals surface area contributed by atoms with Gasteiger partial charge in [0.15, 0.2) is 0 Å². The maximum Gasteiger partial charge on any atom is 0.268 e. The number of amides is 1. The summed E-state index contributed by atoms with van der Waals surface area (Å²) in [7, 11) is -3.73. The quantitative estimate of drug-likeness (QED) is 0.619. The monoisotopic (exact) mass is 415 g/mol. The number of hydrogen-bond acceptors (Lipinski definition) is 4. The molecule has 0 radical (unpaired) electrons. The Morgan fingerprint density at radius 1 is 1.14 bits per heavy atom. The SMILES string of the molecule is CCOc1ccc2c(c1)c(C)c(C(=O)NCc1ccc(S(N)(=O)=O)cc1)n2CC. The van der Waals surface area contributed by atoms with Crippen molar-refractivity contribution in [1.29, 1.82) is 0 Å². The van der Waals surface area contributed by atoms with E-state index in [4.69, 9.17) is 9.88 Å². The summed E-state index contributed by atoms with van der Waals surface area (Å²) in [6.07, 6.45) is 0. The van der Waals surface area contributed by atoms with E-state index in [-0.39, 0.29) is 17.3 Å². The number of carbonyl (C=O) groups is 1. The number of hydrogen-bond donors (Lipinski definition) is 2. The van der Waals surface area contributed by atoms with E-state index in [0.29, 0.717) is 18.8 Å². The van der Waals surface area contributed by atoms with Gasteiger partial charge in [-0.3, -0.25) is 4.79 Å². The average Bonchev–Trinajstić information content (AvgIpc) is 2.97. The van der Waals surface area contributed by atoms with Crippen LogP contribution in [0.25, 0.3) is 10.9 Å². The molecule has 8 heteroatoms. The van der Waals surface area contributed by atoms with Crippen molar-refractivity contribution in [2.24, 2.45) is 5.14 Å². The van der Waals surface area contributed by atoms with Gasteiger partial charge in [0.2, 0.25) is 10.0 Å². The van der Waals surface area contributed by atoms with Crippen LogP contribution in [0.5, 0.6) is 5.75 Å². The maximum atomic E-state index is 12.9. The number of rotatable bonds is 7. The standard InChI is InChI=1S/C21H25N3O4S/c1-4-24-19-11-8-16(28-5-2)12-18(19)14(3)20(24)21(25)23-13-15-6-9-17(10-7-15)29(22,26)27/h6-12H,4-5,13H2,1-3H3,(H,23,25)(H2,22,26,27). The summed E-state index contributed by atoms with van der Waals surface area (Å²) in [6, 6.07) is 12.0. The fraction of sp³-hybridized carbons (Fsp3) is 0.286. The molecular weight excluding hydrogens is 390 g/mol. The Morgan fingerprint density at radius 2 is 1.83 bits per heavy atom. The minimum absolute atomic E-state index is 0.0413. The van der Waals surface area contributed by atoms with Crippen LogP contribution >= 0.6 is 0 Å². The van der Waals surface area contributed by atoms with Gasteiger partial charge in [0.1, 0.15) is 11.4 Å². The van der Waals surface area contributed by atoms with Crippen molar-refractivity contribution >= 4 is 26.8 Å². The minimum atomic E-state index is -3.73. The van der Waals surface area contributed by atoms with Gasteiger partial charge in [-0.05, 0) is 62.2 Å². The Labute approximate surface area is 170 Å². The molecule has 29 heavy (non-hydrogen) atoms. The third kappa shape index (κ3) is 4.28. The van der Waals surface area contributed by atoms with Crippen LogP contribution in [0, 0.1) is 6.92 Å². The van der Waals surface area contributed by atoms with Gasteiger partial charge in [0, 0.05) is 24.0 Å². The molecule has 0 unspecified atom stereocenters. The van der Waals surface area contributed by atoms with E-state index >= 15 is 0 Å². The molecule has 0 saturated carbocycles. The van der Waals surface area contributed by atoms with Crippen LogP contribution in [-0.4, -0.2) is 25.5 Å². The van der Waals surface area contributed by atoms with Crippen molar-refractivity contribution in [1.82, 2.24) is 9.88 Å². The summed E-state index contributed by atoms with van der Waals surface area (Å²) < 4.78 is 30.3. The summed E-state index contributed by atoms with van der Waals surface area (Å²) in [5.74, 6) is 0.590.